The third kappa shape index (κ3) is 4.03. The fourth-order valence-corrected chi connectivity index (χ4v) is 1.90. The molecule has 1 rings (SSSR count). The van der Waals surface area contributed by atoms with Crippen molar-refractivity contribution >= 4 is 11.7 Å². The number of carboxylic acid groups (broad SMARTS) is 1. The van der Waals surface area contributed by atoms with Gasteiger partial charge in [-0.1, -0.05) is 12.1 Å². The third-order valence-electron chi connectivity index (χ3n) is 2.88. The van der Waals surface area contributed by atoms with Crippen LogP contribution >= 0.6 is 0 Å². The minimum absolute atomic E-state index is 0.0903. The van der Waals surface area contributed by atoms with Crippen molar-refractivity contribution in [3.05, 3.63) is 29.6 Å². The lowest BCUT2D eigenvalue weighted by Crippen LogP contribution is -2.16. The number of aliphatic carboxylic acids is 1. The van der Waals surface area contributed by atoms with E-state index in [9.17, 15) is 14.3 Å². The van der Waals surface area contributed by atoms with E-state index in [2.05, 4.69) is 0 Å². The predicted molar refractivity (Wildman–Crippen MR) is 67.1 cm³/mol. The number of phenols is 1. The number of benzene rings is 1. The molecular formula is C13H16FNO4. The van der Waals surface area contributed by atoms with Gasteiger partial charge in [-0.3, -0.25) is 5.41 Å². The van der Waals surface area contributed by atoms with Gasteiger partial charge in [-0.05, 0) is 24.8 Å². The van der Waals surface area contributed by atoms with E-state index in [-0.39, 0.29) is 18.6 Å². The van der Waals surface area contributed by atoms with Crippen molar-refractivity contribution in [2.45, 2.75) is 25.2 Å². The van der Waals surface area contributed by atoms with Crippen LogP contribution < -0.4 is 0 Å². The normalized spacial score (nSPS) is 12.1. The van der Waals surface area contributed by atoms with E-state index in [4.69, 9.17) is 15.6 Å². The standard InChI is InChI=1S/C13H16FNO4/c14-10-5-1-4-9(12(10)17)8(3-2-6-16)7-11(15)13(18)19/h1,4-5,8,15-17H,2-3,6-7H2,(H,18,19). The van der Waals surface area contributed by atoms with Crippen LogP contribution in [0.15, 0.2) is 18.2 Å². The van der Waals surface area contributed by atoms with Crippen molar-refractivity contribution in [1.29, 1.82) is 5.41 Å². The summed E-state index contributed by atoms with van der Waals surface area (Å²) in [5.74, 6) is -3.16. The van der Waals surface area contributed by atoms with E-state index in [1.807, 2.05) is 0 Å². The van der Waals surface area contributed by atoms with Crippen LogP contribution in [0.25, 0.3) is 0 Å². The average molecular weight is 269 g/mol. The number of hydrogen-bond donors (Lipinski definition) is 4. The van der Waals surface area contributed by atoms with Crippen molar-refractivity contribution in [1.82, 2.24) is 0 Å². The Kier molecular flexibility index (Phi) is 5.44. The third-order valence-corrected chi connectivity index (χ3v) is 2.88. The van der Waals surface area contributed by atoms with Crippen molar-refractivity contribution < 1.29 is 24.5 Å². The van der Waals surface area contributed by atoms with Crippen LogP contribution in [-0.2, 0) is 4.79 Å². The number of aliphatic hydroxyl groups excluding tert-OH is 1. The fourth-order valence-electron chi connectivity index (χ4n) is 1.90. The molecule has 1 aromatic rings. The van der Waals surface area contributed by atoms with E-state index in [0.717, 1.165) is 6.07 Å². The zero-order chi connectivity index (χ0) is 14.4. The maximum absolute atomic E-state index is 13.3. The molecule has 0 aromatic heterocycles. The Labute approximate surface area is 109 Å². The molecule has 1 aromatic carbocycles. The Morgan fingerprint density at radius 1 is 1.42 bits per heavy atom. The summed E-state index contributed by atoms with van der Waals surface area (Å²) in [4.78, 5) is 10.7. The first-order chi connectivity index (χ1) is 8.97. The van der Waals surface area contributed by atoms with Gasteiger partial charge in [0.2, 0.25) is 0 Å². The first-order valence-corrected chi connectivity index (χ1v) is 5.86. The zero-order valence-electron chi connectivity index (χ0n) is 10.3. The first kappa shape index (κ1) is 15.1. The minimum atomic E-state index is -1.34. The summed E-state index contributed by atoms with van der Waals surface area (Å²) in [5, 5.41) is 34.5. The van der Waals surface area contributed by atoms with E-state index in [1.165, 1.54) is 12.1 Å². The Morgan fingerprint density at radius 3 is 2.68 bits per heavy atom. The SMILES string of the molecule is N=C(CC(CCCO)c1cccc(F)c1O)C(=O)O. The van der Waals surface area contributed by atoms with Crippen LogP contribution in [-0.4, -0.2) is 33.6 Å². The highest BCUT2D eigenvalue weighted by Crippen LogP contribution is 2.33. The molecule has 19 heavy (non-hydrogen) atoms. The molecule has 0 saturated carbocycles. The smallest absolute Gasteiger partial charge is 0.349 e. The number of phenolic OH excluding ortho intramolecular Hbond substituents is 1. The molecule has 1 unspecified atom stereocenters. The fraction of sp³-hybridized carbons (Fsp3) is 0.385. The van der Waals surface area contributed by atoms with Gasteiger partial charge in [0.25, 0.3) is 0 Å². The molecule has 1 atom stereocenters. The van der Waals surface area contributed by atoms with Crippen LogP contribution in [0.1, 0.15) is 30.7 Å². The maximum atomic E-state index is 13.3. The molecule has 0 bridgehead atoms. The molecule has 0 aliphatic rings. The number of aromatic hydroxyl groups is 1. The van der Waals surface area contributed by atoms with E-state index < -0.39 is 29.2 Å². The predicted octanol–water partition coefficient (Wildman–Crippen LogP) is 1.88. The summed E-state index contributed by atoms with van der Waals surface area (Å²) in [6.45, 7) is -0.0903. The van der Waals surface area contributed by atoms with E-state index in [1.54, 1.807) is 0 Å². The van der Waals surface area contributed by atoms with Gasteiger partial charge >= 0.3 is 5.97 Å². The van der Waals surface area contributed by atoms with Crippen LogP contribution in [0.5, 0.6) is 5.75 Å². The number of rotatable bonds is 7. The average Bonchev–Trinajstić information content (AvgIpc) is 2.37. The minimum Gasteiger partial charge on any atom is -0.505 e. The van der Waals surface area contributed by atoms with Crippen molar-refractivity contribution in [2.75, 3.05) is 6.61 Å². The highest BCUT2D eigenvalue weighted by molar-refractivity contribution is 6.34. The molecule has 0 radical (unpaired) electrons. The van der Waals surface area contributed by atoms with Gasteiger partial charge in [-0.2, -0.15) is 0 Å². The molecule has 0 saturated heterocycles. The molecule has 5 nitrogen and oxygen atoms in total. The van der Waals surface area contributed by atoms with Gasteiger partial charge < -0.3 is 15.3 Å². The van der Waals surface area contributed by atoms with E-state index in [0.29, 0.717) is 12.8 Å². The Hall–Kier alpha value is -1.95. The lowest BCUT2D eigenvalue weighted by Gasteiger charge is -2.17. The Morgan fingerprint density at radius 2 is 2.11 bits per heavy atom. The number of carbonyl (C=O) groups is 1. The first-order valence-electron chi connectivity index (χ1n) is 5.86. The Bertz CT molecular complexity index is 476. The number of aliphatic hydroxyl groups is 1. The molecule has 0 spiro atoms. The number of carboxylic acids is 1. The van der Waals surface area contributed by atoms with Gasteiger partial charge in [0.1, 0.15) is 5.71 Å². The second-order valence-electron chi connectivity index (χ2n) is 4.23. The quantitative estimate of drug-likeness (QED) is 0.567. The van der Waals surface area contributed by atoms with Crippen LogP contribution in [0, 0.1) is 11.2 Å². The number of hydrogen-bond acceptors (Lipinski definition) is 4. The van der Waals surface area contributed by atoms with Gasteiger partial charge in [0.05, 0.1) is 0 Å². The lowest BCUT2D eigenvalue weighted by atomic mass is 9.88. The maximum Gasteiger partial charge on any atom is 0.349 e. The second-order valence-corrected chi connectivity index (χ2v) is 4.23. The Balaban J connectivity index is 2.98. The highest BCUT2D eigenvalue weighted by atomic mass is 19.1. The molecule has 0 amide bonds. The van der Waals surface area contributed by atoms with Crippen molar-refractivity contribution in [3.8, 4) is 5.75 Å². The largest absolute Gasteiger partial charge is 0.505 e. The number of halogens is 1. The summed E-state index contributed by atoms with van der Waals surface area (Å²) in [5.41, 5.74) is -0.244. The van der Waals surface area contributed by atoms with Crippen LogP contribution in [0.4, 0.5) is 4.39 Å². The molecule has 0 aliphatic carbocycles. The number of nitrogens with one attached hydrogen (secondary N) is 1. The van der Waals surface area contributed by atoms with Gasteiger partial charge in [0.15, 0.2) is 11.6 Å². The summed E-state index contributed by atoms with van der Waals surface area (Å²) < 4.78 is 13.3. The molecule has 4 N–H and O–H groups in total. The molecule has 0 aliphatic heterocycles. The second kappa shape index (κ2) is 6.84. The monoisotopic (exact) mass is 269 g/mol. The summed E-state index contributed by atoms with van der Waals surface area (Å²) in [7, 11) is 0. The lowest BCUT2D eigenvalue weighted by molar-refractivity contribution is -0.129. The van der Waals surface area contributed by atoms with Gasteiger partial charge in [-0.25, -0.2) is 9.18 Å². The van der Waals surface area contributed by atoms with Crippen LogP contribution in [0.2, 0.25) is 0 Å². The summed E-state index contributed by atoms with van der Waals surface area (Å²) in [6.07, 6.45) is 0.628. The molecule has 0 fully saturated rings. The molecule has 104 valence electrons. The molecular weight excluding hydrogens is 253 g/mol. The van der Waals surface area contributed by atoms with Crippen molar-refractivity contribution in [3.63, 3.8) is 0 Å². The van der Waals surface area contributed by atoms with Gasteiger partial charge in [0, 0.05) is 18.6 Å². The van der Waals surface area contributed by atoms with Crippen LogP contribution in [0.3, 0.4) is 0 Å². The zero-order valence-corrected chi connectivity index (χ0v) is 10.3. The summed E-state index contributed by atoms with van der Waals surface area (Å²) in [6, 6.07) is 4.01. The highest BCUT2D eigenvalue weighted by Gasteiger charge is 2.21. The topological polar surface area (TPSA) is 102 Å². The van der Waals surface area contributed by atoms with Gasteiger partial charge in [-0.15, -0.1) is 0 Å². The summed E-state index contributed by atoms with van der Waals surface area (Å²) >= 11 is 0. The molecule has 6 heteroatoms. The number of para-hydroxylation sites is 1. The van der Waals surface area contributed by atoms with E-state index >= 15 is 0 Å². The molecule has 0 heterocycles. The van der Waals surface area contributed by atoms with Crippen molar-refractivity contribution in [2.24, 2.45) is 0 Å².